The molecule has 0 bridgehead atoms. The van der Waals surface area contributed by atoms with Crippen molar-refractivity contribution in [2.75, 3.05) is 20.3 Å². The van der Waals surface area contributed by atoms with E-state index in [1.165, 1.54) is 0 Å². The predicted octanol–water partition coefficient (Wildman–Crippen LogP) is 6.36. The molecule has 0 atom stereocenters. The first-order valence-corrected chi connectivity index (χ1v) is 8.61. The van der Waals surface area contributed by atoms with Crippen LogP contribution in [0.25, 0.3) is 10.4 Å². The third-order valence-corrected chi connectivity index (χ3v) is 3.67. The molecule has 0 saturated carbocycles. The monoisotopic (exact) mass is 353 g/mol. The summed E-state index contributed by atoms with van der Waals surface area (Å²) in [4.78, 5) is 2.73. The minimum Gasteiger partial charge on any atom is -0.497 e. The van der Waals surface area contributed by atoms with Gasteiger partial charge in [-0.2, -0.15) is 10.2 Å². The van der Waals surface area contributed by atoms with E-state index in [0.29, 0.717) is 13.2 Å². The molecule has 0 N–H and O–H groups in total. The number of benzene rings is 2. The Bertz CT molecular complexity index is 723. The lowest BCUT2D eigenvalue weighted by atomic mass is 10.2. The van der Waals surface area contributed by atoms with Gasteiger partial charge in [-0.3, -0.25) is 0 Å². The molecule has 0 amide bonds. The lowest BCUT2D eigenvalue weighted by molar-refractivity contribution is 0.305. The maximum absolute atomic E-state index is 8.18. The van der Waals surface area contributed by atoms with E-state index < -0.39 is 0 Å². The number of unbranched alkanes of at least 4 members (excludes halogenated alkanes) is 3. The molecule has 26 heavy (non-hydrogen) atoms. The summed E-state index contributed by atoms with van der Waals surface area (Å²) >= 11 is 0. The van der Waals surface area contributed by atoms with Crippen molar-refractivity contribution in [1.82, 2.24) is 0 Å². The highest BCUT2D eigenvalue weighted by Crippen LogP contribution is 2.23. The van der Waals surface area contributed by atoms with Crippen molar-refractivity contribution in [2.45, 2.75) is 25.7 Å². The highest BCUT2D eigenvalue weighted by atomic mass is 16.5. The number of methoxy groups -OCH3 is 1. The number of azide groups is 1. The van der Waals surface area contributed by atoms with Crippen LogP contribution in [0.1, 0.15) is 25.7 Å². The summed E-state index contributed by atoms with van der Waals surface area (Å²) in [7, 11) is 1.63. The first kappa shape index (κ1) is 19.3. The molecule has 0 aliphatic rings. The van der Waals surface area contributed by atoms with E-state index in [2.05, 4.69) is 20.3 Å². The lowest BCUT2D eigenvalue weighted by Crippen LogP contribution is -1.97. The Kier molecular flexibility index (Phi) is 8.52. The average molecular weight is 353 g/mol. The summed E-state index contributed by atoms with van der Waals surface area (Å²) in [5.41, 5.74) is 9.72. The fraction of sp³-hybridized carbons (Fsp3) is 0.368. The highest BCUT2D eigenvalue weighted by Gasteiger charge is 1.97. The van der Waals surface area contributed by atoms with Gasteiger partial charge >= 0.3 is 0 Å². The number of azo groups is 1. The molecule has 0 spiro atoms. The predicted molar refractivity (Wildman–Crippen MR) is 102 cm³/mol. The van der Waals surface area contributed by atoms with Crippen LogP contribution < -0.4 is 9.47 Å². The summed E-state index contributed by atoms with van der Waals surface area (Å²) in [6.07, 6.45) is 4.02. The molecule has 2 aromatic rings. The maximum atomic E-state index is 8.18. The quantitative estimate of drug-likeness (QED) is 0.203. The summed E-state index contributed by atoms with van der Waals surface area (Å²) in [5, 5.41) is 11.9. The maximum Gasteiger partial charge on any atom is 0.119 e. The normalized spacial score (nSPS) is 10.5. The Hall–Kier alpha value is -3.05. The molecule has 7 heteroatoms. The fourth-order valence-corrected chi connectivity index (χ4v) is 2.25. The molecule has 7 nitrogen and oxygen atoms in total. The molecular formula is C19H23N5O2. The van der Waals surface area contributed by atoms with Crippen molar-refractivity contribution in [3.05, 3.63) is 59.0 Å². The van der Waals surface area contributed by atoms with E-state index in [0.717, 1.165) is 48.6 Å². The van der Waals surface area contributed by atoms with Gasteiger partial charge in [-0.15, -0.1) is 0 Å². The van der Waals surface area contributed by atoms with Gasteiger partial charge in [0, 0.05) is 11.5 Å². The van der Waals surface area contributed by atoms with Crippen LogP contribution in [0.15, 0.2) is 63.9 Å². The van der Waals surface area contributed by atoms with Crippen molar-refractivity contribution in [3.8, 4) is 11.5 Å². The van der Waals surface area contributed by atoms with Crippen molar-refractivity contribution >= 4 is 11.4 Å². The van der Waals surface area contributed by atoms with Crippen molar-refractivity contribution in [1.29, 1.82) is 0 Å². The Labute approximate surface area is 153 Å². The van der Waals surface area contributed by atoms with Crippen LogP contribution >= 0.6 is 0 Å². The molecule has 0 heterocycles. The highest BCUT2D eigenvalue weighted by molar-refractivity contribution is 5.44. The van der Waals surface area contributed by atoms with E-state index in [1.54, 1.807) is 7.11 Å². The van der Waals surface area contributed by atoms with E-state index in [9.17, 15) is 0 Å². The Morgan fingerprint density at radius 2 is 1.38 bits per heavy atom. The third-order valence-electron chi connectivity index (χ3n) is 3.67. The average Bonchev–Trinajstić information content (AvgIpc) is 2.69. The Balaban J connectivity index is 1.70. The zero-order chi connectivity index (χ0) is 18.5. The molecule has 0 radical (unpaired) electrons. The van der Waals surface area contributed by atoms with E-state index in [-0.39, 0.29) is 0 Å². The fourth-order valence-electron chi connectivity index (χ4n) is 2.25. The first-order chi connectivity index (χ1) is 12.8. The van der Waals surface area contributed by atoms with Gasteiger partial charge in [0.2, 0.25) is 0 Å². The molecular weight excluding hydrogens is 330 g/mol. The molecule has 0 aliphatic heterocycles. The van der Waals surface area contributed by atoms with Gasteiger partial charge in [-0.1, -0.05) is 18.0 Å². The van der Waals surface area contributed by atoms with Crippen LogP contribution in [-0.2, 0) is 0 Å². The zero-order valence-corrected chi connectivity index (χ0v) is 14.9. The van der Waals surface area contributed by atoms with Crippen molar-refractivity contribution in [2.24, 2.45) is 15.3 Å². The van der Waals surface area contributed by atoms with Gasteiger partial charge in [0.15, 0.2) is 0 Å². The molecule has 0 aromatic heterocycles. The van der Waals surface area contributed by atoms with Gasteiger partial charge in [-0.25, -0.2) is 0 Å². The SMILES string of the molecule is COc1ccc(N=Nc2ccc(OCCCCCCN=[N+]=[N-])cc2)cc1. The first-order valence-electron chi connectivity index (χ1n) is 8.61. The number of ether oxygens (including phenoxy) is 2. The van der Waals surface area contributed by atoms with E-state index in [1.807, 2.05) is 48.5 Å². The van der Waals surface area contributed by atoms with Crippen LogP contribution in [0.3, 0.4) is 0 Å². The summed E-state index contributed by atoms with van der Waals surface area (Å²) in [6, 6.07) is 14.9. The molecule has 0 unspecified atom stereocenters. The van der Waals surface area contributed by atoms with Gasteiger partial charge in [0.1, 0.15) is 11.5 Å². The van der Waals surface area contributed by atoms with Crippen LogP contribution in [0.2, 0.25) is 0 Å². The van der Waals surface area contributed by atoms with Gasteiger partial charge in [-0.05, 0) is 66.9 Å². The van der Waals surface area contributed by atoms with Crippen LogP contribution in [-0.4, -0.2) is 20.3 Å². The molecule has 0 saturated heterocycles. The van der Waals surface area contributed by atoms with Gasteiger partial charge in [0.05, 0.1) is 25.1 Å². The largest absolute Gasteiger partial charge is 0.497 e. The van der Waals surface area contributed by atoms with Crippen LogP contribution in [0, 0.1) is 0 Å². The summed E-state index contributed by atoms with van der Waals surface area (Å²) in [5.74, 6) is 1.61. The second-order valence-corrected chi connectivity index (χ2v) is 5.61. The minimum atomic E-state index is 0.573. The number of rotatable bonds is 11. The minimum absolute atomic E-state index is 0.573. The Morgan fingerprint density at radius 3 is 1.96 bits per heavy atom. The van der Waals surface area contributed by atoms with Gasteiger partial charge < -0.3 is 9.47 Å². The zero-order valence-electron chi connectivity index (χ0n) is 14.9. The number of hydrogen-bond donors (Lipinski definition) is 0. The van der Waals surface area contributed by atoms with E-state index in [4.69, 9.17) is 15.0 Å². The molecule has 0 fully saturated rings. The smallest absolute Gasteiger partial charge is 0.119 e. The molecule has 136 valence electrons. The number of nitrogens with zero attached hydrogens (tertiary/aromatic N) is 5. The second kappa shape index (κ2) is 11.5. The summed E-state index contributed by atoms with van der Waals surface area (Å²) < 4.78 is 10.8. The van der Waals surface area contributed by atoms with Gasteiger partial charge in [0.25, 0.3) is 0 Å². The molecule has 0 aliphatic carbocycles. The lowest BCUT2D eigenvalue weighted by Gasteiger charge is -2.06. The van der Waals surface area contributed by atoms with Crippen molar-refractivity contribution in [3.63, 3.8) is 0 Å². The number of hydrogen-bond acceptors (Lipinski definition) is 5. The Morgan fingerprint density at radius 1 is 0.808 bits per heavy atom. The van der Waals surface area contributed by atoms with E-state index >= 15 is 0 Å². The standard InChI is InChI=1S/C19H23N5O2/c1-25-18-10-6-16(7-11-18)22-23-17-8-12-19(13-9-17)26-15-5-3-2-4-14-21-24-20/h6-13H,2-5,14-15H2,1H3. The molecule has 2 rings (SSSR count). The third kappa shape index (κ3) is 7.23. The summed E-state index contributed by atoms with van der Waals surface area (Å²) in [6.45, 7) is 1.25. The topological polar surface area (TPSA) is 91.9 Å². The second-order valence-electron chi connectivity index (χ2n) is 5.61. The van der Waals surface area contributed by atoms with Crippen molar-refractivity contribution < 1.29 is 9.47 Å². The van der Waals surface area contributed by atoms with Crippen LogP contribution in [0.5, 0.6) is 11.5 Å². The molecule has 2 aromatic carbocycles. The van der Waals surface area contributed by atoms with Crippen LogP contribution in [0.4, 0.5) is 11.4 Å².